The first kappa shape index (κ1) is 14.0. The van der Waals surface area contributed by atoms with Gasteiger partial charge in [-0.25, -0.2) is 4.39 Å². The zero-order valence-electron chi connectivity index (χ0n) is 12.0. The zero-order valence-corrected chi connectivity index (χ0v) is 12.0. The van der Waals surface area contributed by atoms with Crippen molar-refractivity contribution in [1.82, 2.24) is 10.2 Å². The van der Waals surface area contributed by atoms with Crippen LogP contribution in [0.15, 0.2) is 24.3 Å². The molecule has 1 N–H and O–H groups in total. The van der Waals surface area contributed by atoms with Gasteiger partial charge in [0.15, 0.2) is 0 Å². The summed E-state index contributed by atoms with van der Waals surface area (Å²) < 4.78 is 13.8. The quantitative estimate of drug-likeness (QED) is 0.923. The first-order valence-electron chi connectivity index (χ1n) is 7.39. The van der Waals surface area contributed by atoms with Crippen LogP contribution in [0.2, 0.25) is 0 Å². The van der Waals surface area contributed by atoms with Crippen LogP contribution in [0, 0.1) is 11.7 Å². The number of amides is 2. The molecule has 1 saturated heterocycles. The fourth-order valence-electron chi connectivity index (χ4n) is 2.86. The van der Waals surface area contributed by atoms with Crippen molar-refractivity contribution in [2.24, 2.45) is 5.92 Å². The van der Waals surface area contributed by atoms with Gasteiger partial charge >= 0.3 is 0 Å². The number of benzene rings is 1. The second kappa shape index (κ2) is 5.47. The van der Waals surface area contributed by atoms with Crippen molar-refractivity contribution in [3.8, 4) is 0 Å². The fraction of sp³-hybridized carbons (Fsp3) is 0.500. The molecule has 2 atom stereocenters. The van der Waals surface area contributed by atoms with Gasteiger partial charge in [-0.1, -0.05) is 18.2 Å². The van der Waals surface area contributed by atoms with Gasteiger partial charge < -0.3 is 10.2 Å². The number of carbonyl (C=O) groups is 2. The molecule has 0 spiro atoms. The number of nitrogens with zero attached hydrogens (tertiary/aromatic N) is 1. The normalized spacial score (nSPS) is 26.5. The minimum absolute atomic E-state index is 0.0842. The van der Waals surface area contributed by atoms with Crippen LogP contribution in [0.5, 0.6) is 0 Å². The Labute approximate surface area is 123 Å². The lowest BCUT2D eigenvalue weighted by Crippen LogP contribution is -2.47. The molecule has 21 heavy (non-hydrogen) atoms. The van der Waals surface area contributed by atoms with Crippen LogP contribution in [-0.4, -0.2) is 28.8 Å². The Kier molecular flexibility index (Phi) is 3.66. The van der Waals surface area contributed by atoms with Crippen molar-refractivity contribution in [1.29, 1.82) is 0 Å². The van der Waals surface area contributed by atoms with E-state index in [0.29, 0.717) is 5.56 Å². The minimum Gasteiger partial charge on any atom is -0.344 e. The van der Waals surface area contributed by atoms with Crippen molar-refractivity contribution >= 4 is 11.8 Å². The standard InChI is InChI=1S/C16H19FN2O2/c1-10-8-14(20)18-15(11-6-7-11)16(21)19(10)9-12-4-2-3-5-13(12)17/h2-5,10-11,15H,6-9H2,1H3,(H,18,20). The Bertz CT molecular complexity index is 571. The van der Waals surface area contributed by atoms with E-state index in [1.807, 2.05) is 6.92 Å². The topological polar surface area (TPSA) is 49.4 Å². The van der Waals surface area contributed by atoms with Gasteiger partial charge in [-0.3, -0.25) is 9.59 Å². The third-order valence-corrected chi connectivity index (χ3v) is 4.27. The number of nitrogens with one attached hydrogen (secondary N) is 1. The molecule has 0 aromatic heterocycles. The monoisotopic (exact) mass is 290 g/mol. The van der Waals surface area contributed by atoms with Gasteiger partial charge in [0.25, 0.3) is 0 Å². The van der Waals surface area contributed by atoms with Crippen LogP contribution >= 0.6 is 0 Å². The first-order valence-corrected chi connectivity index (χ1v) is 7.39. The maximum Gasteiger partial charge on any atom is 0.245 e. The molecule has 1 saturated carbocycles. The van der Waals surface area contributed by atoms with E-state index in [4.69, 9.17) is 0 Å². The summed E-state index contributed by atoms with van der Waals surface area (Å²) in [5.41, 5.74) is 0.488. The molecule has 1 aliphatic heterocycles. The molecule has 2 amide bonds. The predicted molar refractivity (Wildman–Crippen MR) is 75.7 cm³/mol. The Morgan fingerprint density at radius 2 is 2.00 bits per heavy atom. The van der Waals surface area contributed by atoms with Crippen LogP contribution in [-0.2, 0) is 16.1 Å². The fourth-order valence-corrected chi connectivity index (χ4v) is 2.86. The van der Waals surface area contributed by atoms with Crippen LogP contribution in [0.1, 0.15) is 31.7 Å². The highest BCUT2D eigenvalue weighted by Crippen LogP contribution is 2.35. The maximum atomic E-state index is 13.8. The summed E-state index contributed by atoms with van der Waals surface area (Å²) in [5.74, 6) is -0.248. The Morgan fingerprint density at radius 3 is 2.67 bits per heavy atom. The zero-order chi connectivity index (χ0) is 15.0. The third-order valence-electron chi connectivity index (χ3n) is 4.27. The number of halogens is 1. The van der Waals surface area contributed by atoms with E-state index in [-0.39, 0.29) is 42.6 Å². The minimum atomic E-state index is -0.436. The molecule has 2 unspecified atom stereocenters. The van der Waals surface area contributed by atoms with Crippen molar-refractivity contribution in [2.45, 2.75) is 44.8 Å². The molecule has 4 nitrogen and oxygen atoms in total. The van der Waals surface area contributed by atoms with Crippen LogP contribution < -0.4 is 5.32 Å². The Balaban J connectivity index is 1.85. The molecule has 0 bridgehead atoms. The summed E-state index contributed by atoms with van der Waals surface area (Å²) >= 11 is 0. The molecular formula is C16H19FN2O2. The smallest absolute Gasteiger partial charge is 0.245 e. The van der Waals surface area contributed by atoms with Gasteiger partial charge in [0, 0.05) is 24.6 Å². The molecule has 1 heterocycles. The van der Waals surface area contributed by atoms with Crippen LogP contribution in [0.25, 0.3) is 0 Å². The lowest BCUT2D eigenvalue weighted by molar-refractivity contribution is -0.136. The van der Waals surface area contributed by atoms with Gasteiger partial charge in [0.2, 0.25) is 11.8 Å². The van der Waals surface area contributed by atoms with Crippen molar-refractivity contribution in [3.63, 3.8) is 0 Å². The molecule has 1 aromatic rings. The molecule has 5 heteroatoms. The average Bonchev–Trinajstić information content (AvgIpc) is 3.27. The summed E-state index contributed by atoms with van der Waals surface area (Å²) in [7, 11) is 0. The summed E-state index contributed by atoms with van der Waals surface area (Å²) in [4.78, 5) is 26.2. The summed E-state index contributed by atoms with van der Waals surface area (Å²) in [6.07, 6.45) is 2.21. The molecule has 2 aliphatic rings. The molecule has 112 valence electrons. The molecule has 1 aliphatic carbocycles. The van der Waals surface area contributed by atoms with E-state index in [9.17, 15) is 14.0 Å². The van der Waals surface area contributed by atoms with E-state index in [2.05, 4.69) is 5.32 Å². The highest BCUT2D eigenvalue weighted by molar-refractivity contribution is 5.91. The number of hydrogen-bond donors (Lipinski definition) is 1. The van der Waals surface area contributed by atoms with Crippen molar-refractivity contribution in [3.05, 3.63) is 35.6 Å². The maximum absolute atomic E-state index is 13.8. The Morgan fingerprint density at radius 1 is 1.29 bits per heavy atom. The van der Waals surface area contributed by atoms with Crippen LogP contribution in [0.3, 0.4) is 0 Å². The summed E-state index contributed by atoms with van der Waals surface area (Å²) in [6, 6.07) is 5.80. The van der Waals surface area contributed by atoms with Gasteiger partial charge in [0.1, 0.15) is 11.9 Å². The summed E-state index contributed by atoms with van der Waals surface area (Å²) in [5, 5.41) is 2.83. The highest BCUT2D eigenvalue weighted by atomic mass is 19.1. The lowest BCUT2D eigenvalue weighted by atomic mass is 10.1. The van der Waals surface area contributed by atoms with Crippen molar-refractivity contribution < 1.29 is 14.0 Å². The number of rotatable bonds is 3. The number of hydrogen-bond acceptors (Lipinski definition) is 2. The largest absolute Gasteiger partial charge is 0.344 e. The molecule has 1 aromatic carbocycles. The van der Waals surface area contributed by atoms with E-state index in [1.54, 1.807) is 23.1 Å². The molecule has 3 rings (SSSR count). The van der Waals surface area contributed by atoms with E-state index < -0.39 is 6.04 Å². The average molecular weight is 290 g/mol. The Hall–Kier alpha value is -1.91. The van der Waals surface area contributed by atoms with Gasteiger partial charge in [-0.2, -0.15) is 0 Å². The second-order valence-corrected chi connectivity index (χ2v) is 5.99. The predicted octanol–water partition coefficient (Wildman–Crippen LogP) is 1.84. The van der Waals surface area contributed by atoms with Gasteiger partial charge in [-0.15, -0.1) is 0 Å². The lowest BCUT2D eigenvalue weighted by Gasteiger charge is -2.29. The summed E-state index contributed by atoms with van der Waals surface area (Å²) in [6.45, 7) is 2.05. The van der Waals surface area contributed by atoms with E-state index in [1.165, 1.54) is 6.07 Å². The third kappa shape index (κ3) is 2.91. The highest BCUT2D eigenvalue weighted by Gasteiger charge is 2.42. The van der Waals surface area contributed by atoms with Gasteiger partial charge in [0.05, 0.1) is 0 Å². The number of carbonyl (C=O) groups excluding carboxylic acids is 2. The first-order chi connectivity index (χ1) is 10.1. The SMILES string of the molecule is CC1CC(=O)NC(C2CC2)C(=O)N1Cc1ccccc1F. The second-order valence-electron chi connectivity index (χ2n) is 5.99. The van der Waals surface area contributed by atoms with E-state index in [0.717, 1.165) is 12.8 Å². The van der Waals surface area contributed by atoms with E-state index >= 15 is 0 Å². The van der Waals surface area contributed by atoms with Gasteiger partial charge in [-0.05, 0) is 31.7 Å². The van der Waals surface area contributed by atoms with Crippen LogP contribution in [0.4, 0.5) is 4.39 Å². The molecule has 2 fully saturated rings. The molecule has 0 radical (unpaired) electrons. The van der Waals surface area contributed by atoms with Crippen molar-refractivity contribution in [2.75, 3.05) is 0 Å². The molecular weight excluding hydrogens is 271 g/mol.